The molecule has 0 bridgehead atoms. The Morgan fingerprint density at radius 3 is 2.39 bits per heavy atom. The molecule has 0 radical (unpaired) electrons. The first-order valence-electron chi connectivity index (χ1n) is 6.21. The molecule has 1 fully saturated rings. The zero-order chi connectivity index (χ0) is 13.9. The number of carboxylic acids is 1. The van der Waals surface area contributed by atoms with E-state index in [4.69, 9.17) is 5.11 Å². The number of carbonyl (C=O) groups excluding carboxylic acids is 1. The third-order valence-corrected chi connectivity index (χ3v) is 3.42. The number of amides is 1. The summed E-state index contributed by atoms with van der Waals surface area (Å²) in [5.41, 5.74) is 0.476. The van der Waals surface area contributed by atoms with Gasteiger partial charge in [-0.25, -0.2) is 4.79 Å². The van der Waals surface area contributed by atoms with Gasteiger partial charge in [0.05, 0.1) is 0 Å². The maximum absolute atomic E-state index is 12.3. The second-order valence-corrected chi connectivity index (χ2v) is 5.11. The van der Waals surface area contributed by atoms with Gasteiger partial charge in [0.2, 0.25) is 5.91 Å². The van der Waals surface area contributed by atoms with Crippen molar-refractivity contribution < 1.29 is 14.7 Å². The summed E-state index contributed by atoms with van der Waals surface area (Å²) in [7, 11) is 3.96. The smallest absolute Gasteiger partial charge is 0.331 e. The van der Waals surface area contributed by atoms with Gasteiger partial charge in [-0.2, -0.15) is 0 Å². The quantitative estimate of drug-likeness (QED) is 0.759. The first kappa shape index (κ1) is 14.7. The van der Waals surface area contributed by atoms with E-state index in [1.54, 1.807) is 6.92 Å². The highest BCUT2D eigenvalue weighted by Crippen LogP contribution is 2.21. The van der Waals surface area contributed by atoms with E-state index in [1.807, 2.05) is 19.0 Å². The van der Waals surface area contributed by atoms with E-state index >= 15 is 0 Å². The summed E-state index contributed by atoms with van der Waals surface area (Å²) < 4.78 is 0. The van der Waals surface area contributed by atoms with Crippen LogP contribution in [-0.2, 0) is 9.59 Å². The number of rotatable bonds is 4. The van der Waals surface area contributed by atoms with Crippen LogP contribution in [0, 0.1) is 0 Å². The molecule has 1 rings (SSSR count). The van der Waals surface area contributed by atoms with Crippen molar-refractivity contribution in [2.45, 2.75) is 32.7 Å². The molecule has 0 spiro atoms. The molecular weight excluding hydrogens is 232 g/mol. The molecule has 1 saturated heterocycles. The standard InChI is InChI=1S/C13H22N2O3/c1-9(10(2)13(17)18)12(16)15-7-5-6-11(15)8-14(3)4/h11H,5-8H2,1-4H3,(H,17,18). The molecule has 18 heavy (non-hydrogen) atoms. The number of hydrogen-bond acceptors (Lipinski definition) is 3. The molecule has 5 nitrogen and oxygen atoms in total. The summed E-state index contributed by atoms with van der Waals surface area (Å²) in [6, 6.07) is 0.198. The lowest BCUT2D eigenvalue weighted by molar-refractivity contribution is -0.134. The largest absolute Gasteiger partial charge is 0.478 e. The Hall–Kier alpha value is -1.36. The van der Waals surface area contributed by atoms with Gasteiger partial charge in [-0.3, -0.25) is 4.79 Å². The number of likely N-dealkylation sites (N-methyl/N-ethyl adjacent to an activating group) is 1. The number of aliphatic carboxylic acids is 1. The highest BCUT2D eigenvalue weighted by molar-refractivity contribution is 6.01. The molecule has 0 aromatic carbocycles. The fraction of sp³-hybridized carbons (Fsp3) is 0.692. The first-order chi connectivity index (χ1) is 8.34. The van der Waals surface area contributed by atoms with E-state index in [-0.39, 0.29) is 17.5 Å². The molecule has 1 N–H and O–H groups in total. The summed E-state index contributed by atoms with van der Waals surface area (Å²) >= 11 is 0. The number of carbonyl (C=O) groups is 2. The Morgan fingerprint density at radius 1 is 1.28 bits per heavy atom. The van der Waals surface area contributed by atoms with Crippen LogP contribution in [0.25, 0.3) is 0 Å². The zero-order valence-corrected chi connectivity index (χ0v) is 11.6. The Morgan fingerprint density at radius 2 is 1.89 bits per heavy atom. The summed E-state index contributed by atoms with van der Waals surface area (Å²) in [4.78, 5) is 27.0. The molecule has 1 heterocycles. The minimum Gasteiger partial charge on any atom is -0.478 e. The Bertz CT molecular complexity index is 374. The molecule has 0 aromatic rings. The van der Waals surface area contributed by atoms with Gasteiger partial charge in [0, 0.05) is 30.3 Å². The maximum Gasteiger partial charge on any atom is 0.331 e. The Balaban J connectivity index is 2.83. The van der Waals surface area contributed by atoms with E-state index in [0.29, 0.717) is 5.57 Å². The lowest BCUT2D eigenvalue weighted by Crippen LogP contribution is -2.42. The first-order valence-corrected chi connectivity index (χ1v) is 6.21. The van der Waals surface area contributed by atoms with Crippen molar-refractivity contribution in [1.82, 2.24) is 9.80 Å². The number of likely N-dealkylation sites (tertiary alicyclic amines) is 1. The maximum atomic E-state index is 12.3. The van der Waals surface area contributed by atoms with Crippen LogP contribution in [0.3, 0.4) is 0 Å². The van der Waals surface area contributed by atoms with Gasteiger partial charge in [-0.1, -0.05) is 0 Å². The number of nitrogens with zero attached hydrogens (tertiary/aromatic N) is 2. The van der Waals surface area contributed by atoms with Crippen LogP contribution in [0.5, 0.6) is 0 Å². The molecule has 1 atom stereocenters. The molecule has 0 aliphatic carbocycles. The van der Waals surface area contributed by atoms with E-state index < -0.39 is 5.97 Å². The van der Waals surface area contributed by atoms with Crippen LogP contribution in [0.2, 0.25) is 0 Å². The second-order valence-electron chi connectivity index (χ2n) is 5.11. The Labute approximate surface area is 108 Å². The molecule has 0 saturated carbocycles. The van der Waals surface area contributed by atoms with Crippen molar-refractivity contribution in [3.63, 3.8) is 0 Å². The van der Waals surface area contributed by atoms with Gasteiger partial charge in [-0.15, -0.1) is 0 Å². The van der Waals surface area contributed by atoms with E-state index in [2.05, 4.69) is 4.90 Å². The van der Waals surface area contributed by atoms with Crippen LogP contribution in [-0.4, -0.2) is 60.0 Å². The van der Waals surface area contributed by atoms with Gasteiger partial charge < -0.3 is 14.9 Å². The average molecular weight is 254 g/mol. The topological polar surface area (TPSA) is 60.9 Å². The van der Waals surface area contributed by atoms with Crippen molar-refractivity contribution in [3.8, 4) is 0 Å². The van der Waals surface area contributed by atoms with Crippen LogP contribution in [0.15, 0.2) is 11.1 Å². The van der Waals surface area contributed by atoms with Crippen molar-refractivity contribution in [1.29, 1.82) is 0 Å². The number of hydrogen-bond donors (Lipinski definition) is 1. The third-order valence-electron chi connectivity index (χ3n) is 3.42. The highest BCUT2D eigenvalue weighted by atomic mass is 16.4. The minimum atomic E-state index is -1.02. The fourth-order valence-corrected chi connectivity index (χ4v) is 2.25. The average Bonchev–Trinajstić information content (AvgIpc) is 2.73. The summed E-state index contributed by atoms with van der Waals surface area (Å²) in [5, 5.41) is 8.92. The van der Waals surface area contributed by atoms with E-state index in [0.717, 1.165) is 25.9 Å². The third kappa shape index (κ3) is 3.32. The molecule has 0 aromatic heterocycles. The molecule has 1 amide bonds. The SMILES string of the molecule is CC(C(=O)O)=C(C)C(=O)N1CCCC1CN(C)C. The van der Waals surface area contributed by atoms with Gasteiger partial charge in [0.1, 0.15) is 0 Å². The predicted octanol–water partition coefficient (Wildman–Crippen LogP) is 0.960. The summed E-state index contributed by atoms with van der Waals surface area (Å²) in [6.07, 6.45) is 1.98. The van der Waals surface area contributed by atoms with Crippen LogP contribution >= 0.6 is 0 Å². The van der Waals surface area contributed by atoms with Crippen LogP contribution in [0.1, 0.15) is 26.7 Å². The lowest BCUT2D eigenvalue weighted by atomic mass is 10.1. The highest BCUT2D eigenvalue weighted by Gasteiger charge is 2.30. The fourth-order valence-electron chi connectivity index (χ4n) is 2.25. The molecule has 1 aliphatic rings. The lowest BCUT2D eigenvalue weighted by Gasteiger charge is -2.27. The van der Waals surface area contributed by atoms with Crippen LogP contribution in [0.4, 0.5) is 0 Å². The van der Waals surface area contributed by atoms with E-state index in [9.17, 15) is 9.59 Å². The van der Waals surface area contributed by atoms with Gasteiger partial charge in [0.15, 0.2) is 0 Å². The zero-order valence-electron chi connectivity index (χ0n) is 11.6. The Kier molecular flexibility index (Phi) is 4.90. The van der Waals surface area contributed by atoms with Gasteiger partial charge >= 0.3 is 5.97 Å². The monoisotopic (exact) mass is 254 g/mol. The number of carboxylic acid groups (broad SMARTS) is 1. The van der Waals surface area contributed by atoms with E-state index in [1.165, 1.54) is 6.92 Å². The van der Waals surface area contributed by atoms with Crippen molar-refractivity contribution >= 4 is 11.9 Å². The second kappa shape index (κ2) is 6.00. The van der Waals surface area contributed by atoms with Crippen molar-refractivity contribution in [2.24, 2.45) is 0 Å². The molecule has 102 valence electrons. The van der Waals surface area contributed by atoms with Crippen molar-refractivity contribution in [3.05, 3.63) is 11.1 Å². The molecular formula is C13H22N2O3. The minimum absolute atomic E-state index is 0.135. The predicted molar refractivity (Wildman–Crippen MR) is 69.3 cm³/mol. The van der Waals surface area contributed by atoms with Gasteiger partial charge in [0.25, 0.3) is 0 Å². The van der Waals surface area contributed by atoms with Gasteiger partial charge in [-0.05, 0) is 40.8 Å². The summed E-state index contributed by atoms with van der Waals surface area (Å²) in [6.45, 7) is 4.62. The molecule has 1 aliphatic heterocycles. The van der Waals surface area contributed by atoms with Crippen LogP contribution < -0.4 is 0 Å². The summed E-state index contributed by atoms with van der Waals surface area (Å²) in [5.74, 6) is -1.16. The van der Waals surface area contributed by atoms with Crippen molar-refractivity contribution in [2.75, 3.05) is 27.2 Å². The normalized spacial score (nSPS) is 21.2. The molecule has 1 unspecified atom stereocenters. The molecule has 5 heteroatoms.